The van der Waals surface area contributed by atoms with E-state index in [2.05, 4.69) is 16.3 Å². The highest BCUT2D eigenvalue weighted by molar-refractivity contribution is 6.00. The molecule has 7 nitrogen and oxygen atoms in total. The summed E-state index contributed by atoms with van der Waals surface area (Å²) in [7, 11) is 0. The molecule has 2 aromatic carbocycles. The summed E-state index contributed by atoms with van der Waals surface area (Å²) in [5.74, 6) is 1.55. The molecule has 0 unspecified atom stereocenters. The Balaban J connectivity index is 1.59. The SMILES string of the molecule is CCOc1cc(N2CCOCC2)c(OCC)cc1N[C@H](C)C(=O)N1CCc2ccccc21. The van der Waals surface area contributed by atoms with Crippen molar-refractivity contribution in [1.82, 2.24) is 0 Å². The fourth-order valence-electron chi connectivity index (χ4n) is 4.36. The molecule has 1 N–H and O–H groups in total. The van der Waals surface area contributed by atoms with E-state index in [1.807, 2.05) is 56.0 Å². The summed E-state index contributed by atoms with van der Waals surface area (Å²) >= 11 is 0. The van der Waals surface area contributed by atoms with Gasteiger partial charge in [-0.2, -0.15) is 0 Å². The third-order valence-electron chi connectivity index (χ3n) is 5.91. The first-order valence-corrected chi connectivity index (χ1v) is 11.5. The van der Waals surface area contributed by atoms with Crippen molar-refractivity contribution >= 4 is 23.0 Å². The maximum atomic E-state index is 13.3. The number of morpholine rings is 1. The number of para-hydroxylation sites is 1. The third kappa shape index (κ3) is 4.63. The second-order valence-electron chi connectivity index (χ2n) is 8.02. The van der Waals surface area contributed by atoms with Gasteiger partial charge in [0.2, 0.25) is 5.91 Å². The Morgan fingerprint density at radius 1 is 1.03 bits per heavy atom. The summed E-state index contributed by atoms with van der Waals surface area (Å²) in [4.78, 5) is 17.4. The number of benzene rings is 2. The van der Waals surface area contributed by atoms with Crippen molar-refractivity contribution in [2.75, 3.05) is 61.2 Å². The summed E-state index contributed by atoms with van der Waals surface area (Å²) in [6.45, 7) is 10.6. The summed E-state index contributed by atoms with van der Waals surface area (Å²) in [5, 5.41) is 3.39. The molecule has 1 saturated heterocycles. The van der Waals surface area contributed by atoms with Gasteiger partial charge in [0, 0.05) is 37.5 Å². The van der Waals surface area contributed by atoms with E-state index in [4.69, 9.17) is 14.2 Å². The summed E-state index contributed by atoms with van der Waals surface area (Å²) in [6, 6.07) is 11.7. The van der Waals surface area contributed by atoms with Crippen molar-refractivity contribution in [2.24, 2.45) is 0 Å². The zero-order valence-electron chi connectivity index (χ0n) is 19.2. The van der Waals surface area contributed by atoms with E-state index in [0.717, 1.165) is 48.1 Å². The lowest BCUT2D eigenvalue weighted by Gasteiger charge is -2.31. The van der Waals surface area contributed by atoms with Crippen LogP contribution in [0.15, 0.2) is 36.4 Å². The smallest absolute Gasteiger partial charge is 0.249 e. The monoisotopic (exact) mass is 439 g/mol. The first-order chi connectivity index (χ1) is 15.6. The predicted octanol–water partition coefficient (Wildman–Crippen LogP) is 3.71. The Labute approximate surface area is 190 Å². The van der Waals surface area contributed by atoms with Crippen LogP contribution in [0.1, 0.15) is 26.3 Å². The van der Waals surface area contributed by atoms with Crippen molar-refractivity contribution in [3.63, 3.8) is 0 Å². The predicted molar refractivity (Wildman–Crippen MR) is 127 cm³/mol. The molecule has 0 saturated carbocycles. The minimum Gasteiger partial charge on any atom is -0.492 e. The Kier molecular flexibility index (Phi) is 7.05. The van der Waals surface area contributed by atoms with Crippen LogP contribution in [0.4, 0.5) is 17.1 Å². The Morgan fingerprint density at radius 3 is 2.50 bits per heavy atom. The summed E-state index contributed by atoms with van der Waals surface area (Å²) < 4.78 is 17.4. The van der Waals surface area contributed by atoms with Crippen LogP contribution in [0.5, 0.6) is 11.5 Å². The van der Waals surface area contributed by atoms with E-state index in [-0.39, 0.29) is 5.91 Å². The van der Waals surface area contributed by atoms with Crippen LogP contribution < -0.4 is 24.6 Å². The topological polar surface area (TPSA) is 63.3 Å². The first-order valence-electron chi connectivity index (χ1n) is 11.5. The number of nitrogens with one attached hydrogen (secondary N) is 1. The standard InChI is InChI=1S/C25H33N3O4/c1-4-31-23-17-22(27-12-14-30-15-13-27)24(32-5-2)16-20(23)26-18(3)25(29)28-11-10-19-8-6-7-9-21(19)28/h6-9,16-18,26H,4-5,10-15H2,1-3H3/t18-/m1/s1. The minimum absolute atomic E-state index is 0.0487. The maximum Gasteiger partial charge on any atom is 0.249 e. The molecule has 1 atom stereocenters. The van der Waals surface area contributed by atoms with Crippen LogP contribution in [0, 0.1) is 0 Å². The van der Waals surface area contributed by atoms with E-state index >= 15 is 0 Å². The number of hydrogen-bond acceptors (Lipinski definition) is 6. The minimum atomic E-state index is -0.413. The van der Waals surface area contributed by atoms with Gasteiger partial charge in [-0.3, -0.25) is 4.79 Å². The average Bonchev–Trinajstić information content (AvgIpc) is 3.25. The Morgan fingerprint density at radius 2 is 1.75 bits per heavy atom. The lowest BCUT2D eigenvalue weighted by molar-refractivity contribution is -0.118. The number of ether oxygens (including phenoxy) is 3. The molecule has 7 heteroatoms. The third-order valence-corrected chi connectivity index (χ3v) is 5.91. The van der Waals surface area contributed by atoms with Crippen LogP contribution in [-0.2, 0) is 16.0 Å². The molecular weight excluding hydrogens is 406 g/mol. The van der Waals surface area contributed by atoms with E-state index < -0.39 is 6.04 Å². The molecule has 0 radical (unpaired) electrons. The van der Waals surface area contributed by atoms with E-state index in [1.54, 1.807) is 0 Å². The Bertz CT molecular complexity index is 943. The molecule has 2 heterocycles. The number of carbonyl (C=O) groups excluding carboxylic acids is 1. The number of carbonyl (C=O) groups is 1. The average molecular weight is 440 g/mol. The summed E-state index contributed by atoms with van der Waals surface area (Å²) in [6.07, 6.45) is 0.890. The quantitative estimate of drug-likeness (QED) is 0.677. The van der Waals surface area contributed by atoms with Gasteiger partial charge in [0.25, 0.3) is 0 Å². The van der Waals surface area contributed by atoms with Crippen molar-refractivity contribution < 1.29 is 19.0 Å². The van der Waals surface area contributed by atoms with E-state index in [0.29, 0.717) is 33.0 Å². The number of rotatable bonds is 8. The highest BCUT2D eigenvalue weighted by Gasteiger charge is 2.29. The van der Waals surface area contributed by atoms with Gasteiger partial charge in [-0.1, -0.05) is 18.2 Å². The molecular formula is C25H33N3O4. The largest absolute Gasteiger partial charge is 0.492 e. The number of hydrogen-bond donors (Lipinski definition) is 1. The van der Waals surface area contributed by atoms with Gasteiger partial charge in [0.1, 0.15) is 17.5 Å². The molecule has 2 aromatic rings. The molecule has 1 amide bonds. The normalized spacial score (nSPS) is 16.5. The number of nitrogens with zero attached hydrogens (tertiary/aromatic N) is 2. The van der Waals surface area contributed by atoms with Crippen molar-refractivity contribution in [3.05, 3.63) is 42.0 Å². The van der Waals surface area contributed by atoms with Gasteiger partial charge in [-0.25, -0.2) is 0 Å². The van der Waals surface area contributed by atoms with E-state index in [9.17, 15) is 4.79 Å². The highest BCUT2D eigenvalue weighted by Crippen LogP contribution is 2.40. The molecule has 32 heavy (non-hydrogen) atoms. The fraction of sp³-hybridized carbons (Fsp3) is 0.480. The van der Waals surface area contributed by atoms with Gasteiger partial charge in [-0.05, 0) is 38.8 Å². The van der Waals surface area contributed by atoms with E-state index in [1.165, 1.54) is 5.56 Å². The maximum absolute atomic E-state index is 13.3. The lowest BCUT2D eigenvalue weighted by Crippen LogP contribution is -2.40. The summed E-state index contributed by atoms with van der Waals surface area (Å²) in [5.41, 5.74) is 3.99. The van der Waals surface area contributed by atoms with Crippen molar-refractivity contribution in [1.29, 1.82) is 0 Å². The molecule has 1 fully saturated rings. The molecule has 0 aliphatic carbocycles. The second kappa shape index (κ2) is 10.1. The molecule has 4 rings (SSSR count). The number of fused-ring (bicyclic) bond motifs is 1. The lowest BCUT2D eigenvalue weighted by atomic mass is 10.1. The number of amides is 1. The zero-order valence-corrected chi connectivity index (χ0v) is 19.2. The first kappa shape index (κ1) is 22.3. The van der Waals surface area contributed by atoms with Crippen LogP contribution in [0.3, 0.4) is 0 Å². The van der Waals surface area contributed by atoms with Crippen molar-refractivity contribution in [3.8, 4) is 11.5 Å². The molecule has 172 valence electrons. The van der Waals surface area contributed by atoms with Crippen LogP contribution in [0.2, 0.25) is 0 Å². The van der Waals surface area contributed by atoms with Gasteiger partial charge in [0.05, 0.1) is 37.8 Å². The van der Waals surface area contributed by atoms with Crippen LogP contribution in [0.25, 0.3) is 0 Å². The second-order valence-corrected chi connectivity index (χ2v) is 8.02. The molecule has 2 aliphatic heterocycles. The van der Waals surface area contributed by atoms with Gasteiger partial charge in [0.15, 0.2) is 0 Å². The van der Waals surface area contributed by atoms with Crippen LogP contribution in [-0.4, -0.2) is 58.0 Å². The van der Waals surface area contributed by atoms with Crippen molar-refractivity contribution in [2.45, 2.75) is 33.2 Å². The molecule has 0 aromatic heterocycles. The van der Waals surface area contributed by atoms with Gasteiger partial charge >= 0.3 is 0 Å². The van der Waals surface area contributed by atoms with Gasteiger partial charge in [-0.15, -0.1) is 0 Å². The number of anilines is 3. The molecule has 2 aliphatic rings. The zero-order chi connectivity index (χ0) is 22.5. The van der Waals surface area contributed by atoms with Gasteiger partial charge < -0.3 is 29.3 Å². The Hall–Kier alpha value is -2.93. The fourth-order valence-corrected chi connectivity index (χ4v) is 4.36. The molecule has 0 bridgehead atoms. The van der Waals surface area contributed by atoms with Crippen LogP contribution >= 0.6 is 0 Å². The molecule has 0 spiro atoms. The highest BCUT2D eigenvalue weighted by atomic mass is 16.5.